The van der Waals surface area contributed by atoms with Gasteiger partial charge in [0.2, 0.25) is 11.8 Å². The summed E-state index contributed by atoms with van der Waals surface area (Å²) in [6.07, 6.45) is 1.59. The van der Waals surface area contributed by atoms with Crippen LogP contribution < -0.4 is 5.32 Å². The first kappa shape index (κ1) is 24.3. The van der Waals surface area contributed by atoms with Crippen LogP contribution in [0.3, 0.4) is 0 Å². The predicted molar refractivity (Wildman–Crippen MR) is 104 cm³/mol. The summed E-state index contributed by atoms with van der Waals surface area (Å²) in [4.78, 5) is 43.8. The maximum atomic E-state index is 12.7. The average Bonchev–Trinajstić information content (AvgIpc) is 3.56. The molecule has 1 saturated carbocycles. The molecule has 1 aromatic rings. The Labute approximate surface area is 177 Å². The fourth-order valence-corrected chi connectivity index (χ4v) is 3.20. The van der Waals surface area contributed by atoms with Gasteiger partial charge < -0.3 is 15.3 Å². The zero-order chi connectivity index (χ0) is 23.2. The van der Waals surface area contributed by atoms with Crippen molar-refractivity contribution in [1.29, 1.82) is 0 Å². The summed E-state index contributed by atoms with van der Waals surface area (Å²) >= 11 is 0. The predicted octanol–water partition coefficient (Wildman–Crippen LogP) is 2.41. The van der Waals surface area contributed by atoms with E-state index in [1.165, 1.54) is 6.08 Å². The van der Waals surface area contributed by atoms with Gasteiger partial charge in [-0.25, -0.2) is 14.8 Å². The van der Waals surface area contributed by atoms with Crippen molar-refractivity contribution in [2.75, 3.05) is 13.1 Å². The van der Waals surface area contributed by atoms with Crippen LogP contribution in [0.25, 0.3) is 0 Å². The van der Waals surface area contributed by atoms with Crippen LogP contribution in [0.1, 0.15) is 43.2 Å². The molecule has 2 fully saturated rings. The second-order valence-electron chi connectivity index (χ2n) is 7.49. The van der Waals surface area contributed by atoms with Gasteiger partial charge in [-0.05, 0) is 50.7 Å². The summed E-state index contributed by atoms with van der Waals surface area (Å²) in [5.74, 6) is -1.65. The number of aliphatic carboxylic acids is 1. The highest BCUT2D eigenvalue weighted by atomic mass is 19.4. The van der Waals surface area contributed by atoms with Crippen molar-refractivity contribution >= 4 is 17.8 Å². The van der Waals surface area contributed by atoms with Gasteiger partial charge >= 0.3 is 12.1 Å². The van der Waals surface area contributed by atoms with Crippen LogP contribution in [-0.2, 0) is 14.4 Å². The van der Waals surface area contributed by atoms with Crippen LogP contribution in [0.5, 0.6) is 0 Å². The molecule has 1 aliphatic heterocycles. The first-order chi connectivity index (χ1) is 14.5. The summed E-state index contributed by atoms with van der Waals surface area (Å²) in [7, 11) is 0. The minimum absolute atomic E-state index is 0.0510. The molecule has 2 amide bonds. The number of carbonyl (C=O) groups excluding carboxylic acids is 2. The van der Waals surface area contributed by atoms with Crippen LogP contribution in [0.2, 0.25) is 0 Å². The first-order valence-corrected chi connectivity index (χ1v) is 9.84. The molecule has 3 rings (SSSR count). The molecule has 1 saturated heterocycles. The molecule has 11 heteroatoms. The molecule has 2 N–H and O–H groups in total. The lowest BCUT2D eigenvalue weighted by molar-refractivity contribution is -0.192. The number of aryl methyl sites for hydroxylation is 1. The highest BCUT2D eigenvalue weighted by molar-refractivity contribution is 5.87. The number of hydrogen-bond donors (Lipinski definition) is 2. The number of aromatic nitrogens is 2. The molecular formula is C20H25F3N4O4. The van der Waals surface area contributed by atoms with Crippen molar-refractivity contribution in [1.82, 2.24) is 20.2 Å². The van der Waals surface area contributed by atoms with Crippen LogP contribution in [-0.4, -0.2) is 57.0 Å². The summed E-state index contributed by atoms with van der Waals surface area (Å²) in [6, 6.07) is 1.77. The van der Waals surface area contributed by atoms with Crippen molar-refractivity contribution in [3.8, 4) is 0 Å². The average molecular weight is 442 g/mol. The standard InChI is InChI=1S/C18H24N4O2.C2HF3O2/c1-3-15(23)22-10-7-14(8-11-22)18(24)21-16(13-4-5-13)17-19-9-6-12(2)20-17;3-2(4,5)1(6)7/h3,6,9,13-14,16H,1,4-5,7-8,10-11H2,2H3,(H,21,24);(H,6,7). The van der Waals surface area contributed by atoms with E-state index in [0.29, 0.717) is 37.7 Å². The Morgan fingerprint density at radius 1 is 1.26 bits per heavy atom. The highest BCUT2D eigenvalue weighted by Crippen LogP contribution is 2.40. The molecule has 31 heavy (non-hydrogen) atoms. The van der Waals surface area contributed by atoms with Crippen molar-refractivity contribution in [2.45, 2.75) is 44.8 Å². The van der Waals surface area contributed by atoms with Gasteiger partial charge in [-0.15, -0.1) is 0 Å². The number of nitrogens with zero attached hydrogens (tertiary/aromatic N) is 3. The van der Waals surface area contributed by atoms with Gasteiger partial charge in [0, 0.05) is 30.9 Å². The van der Waals surface area contributed by atoms with E-state index < -0.39 is 12.1 Å². The molecule has 2 heterocycles. The molecule has 0 spiro atoms. The number of hydrogen-bond acceptors (Lipinski definition) is 5. The molecule has 8 nitrogen and oxygen atoms in total. The molecular weight excluding hydrogens is 417 g/mol. The van der Waals surface area contributed by atoms with Gasteiger partial charge in [-0.2, -0.15) is 13.2 Å². The van der Waals surface area contributed by atoms with E-state index in [4.69, 9.17) is 9.90 Å². The molecule has 1 atom stereocenters. The Bertz CT molecular complexity index is 819. The van der Waals surface area contributed by atoms with Gasteiger partial charge in [0.15, 0.2) is 5.82 Å². The summed E-state index contributed by atoms with van der Waals surface area (Å²) in [5.41, 5.74) is 0.913. The lowest BCUT2D eigenvalue weighted by atomic mass is 9.95. The number of carbonyl (C=O) groups is 3. The van der Waals surface area contributed by atoms with E-state index in [1.807, 2.05) is 13.0 Å². The number of piperidine rings is 1. The number of rotatable bonds is 5. The Morgan fingerprint density at radius 3 is 2.29 bits per heavy atom. The Kier molecular flexibility index (Phi) is 8.12. The summed E-state index contributed by atoms with van der Waals surface area (Å²) in [6.45, 7) is 6.66. The van der Waals surface area contributed by atoms with Crippen LogP contribution in [0, 0.1) is 18.8 Å². The highest BCUT2D eigenvalue weighted by Gasteiger charge is 2.38. The van der Waals surface area contributed by atoms with E-state index >= 15 is 0 Å². The van der Waals surface area contributed by atoms with Crippen LogP contribution in [0.4, 0.5) is 13.2 Å². The molecule has 0 bridgehead atoms. The summed E-state index contributed by atoms with van der Waals surface area (Å²) in [5, 5.41) is 10.3. The monoisotopic (exact) mass is 442 g/mol. The number of carboxylic acid groups (broad SMARTS) is 1. The third-order valence-electron chi connectivity index (χ3n) is 5.08. The number of alkyl halides is 3. The van der Waals surface area contributed by atoms with Crippen LogP contribution in [0.15, 0.2) is 24.9 Å². The quantitative estimate of drug-likeness (QED) is 0.678. The third-order valence-corrected chi connectivity index (χ3v) is 5.08. The lowest BCUT2D eigenvalue weighted by Crippen LogP contribution is -2.43. The van der Waals surface area contributed by atoms with Crippen molar-refractivity contribution in [2.24, 2.45) is 11.8 Å². The van der Waals surface area contributed by atoms with E-state index in [9.17, 15) is 22.8 Å². The van der Waals surface area contributed by atoms with Crippen molar-refractivity contribution in [3.63, 3.8) is 0 Å². The molecule has 1 aliphatic carbocycles. The first-order valence-electron chi connectivity index (χ1n) is 9.84. The molecule has 0 aromatic carbocycles. The van der Waals surface area contributed by atoms with Gasteiger partial charge in [0.25, 0.3) is 0 Å². The van der Waals surface area contributed by atoms with Crippen molar-refractivity contribution < 1.29 is 32.7 Å². The fraction of sp³-hybridized carbons (Fsp3) is 0.550. The Morgan fingerprint density at radius 2 is 1.84 bits per heavy atom. The molecule has 0 radical (unpaired) electrons. The molecule has 1 aromatic heterocycles. The maximum absolute atomic E-state index is 12.7. The molecule has 170 valence electrons. The van der Waals surface area contributed by atoms with Gasteiger partial charge in [-0.3, -0.25) is 9.59 Å². The topological polar surface area (TPSA) is 112 Å². The Balaban J connectivity index is 0.000000423. The van der Waals surface area contributed by atoms with E-state index in [2.05, 4.69) is 21.9 Å². The number of carboxylic acids is 1. The smallest absolute Gasteiger partial charge is 0.475 e. The normalized spacial score (nSPS) is 17.7. The minimum atomic E-state index is -5.08. The van der Waals surface area contributed by atoms with Gasteiger partial charge in [-0.1, -0.05) is 6.58 Å². The van der Waals surface area contributed by atoms with E-state index in [1.54, 1.807) is 11.1 Å². The van der Waals surface area contributed by atoms with Crippen molar-refractivity contribution in [3.05, 3.63) is 36.4 Å². The zero-order valence-electron chi connectivity index (χ0n) is 17.1. The lowest BCUT2D eigenvalue weighted by Gasteiger charge is -2.31. The van der Waals surface area contributed by atoms with Gasteiger partial charge in [0.05, 0.1) is 6.04 Å². The number of nitrogens with one attached hydrogen (secondary N) is 1. The SMILES string of the molecule is C=CC(=O)N1CCC(C(=O)NC(c2nccc(C)n2)C2CC2)CC1.O=C(O)C(F)(F)F. The number of likely N-dealkylation sites (tertiary alicyclic amines) is 1. The molecule has 1 unspecified atom stereocenters. The van der Waals surface area contributed by atoms with E-state index in [0.717, 1.165) is 18.5 Å². The fourth-order valence-electron chi connectivity index (χ4n) is 3.20. The second-order valence-corrected chi connectivity index (χ2v) is 7.49. The van der Waals surface area contributed by atoms with E-state index in [-0.39, 0.29) is 23.8 Å². The van der Waals surface area contributed by atoms with Gasteiger partial charge in [0.1, 0.15) is 0 Å². The zero-order valence-corrected chi connectivity index (χ0v) is 17.1. The van der Waals surface area contributed by atoms with Crippen LogP contribution >= 0.6 is 0 Å². The minimum Gasteiger partial charge on any atom is -0.475 e. The maximum Gasteiger partial charge on any atom is 0.490 e. The Hall–Kier alpha value is -2.98. The largest absolute Gasteiger partial charge is 0.490 e. The third kappa shape index (κ3) is 7.34. The molecule has 2 aliphatic rings. The summed E-state index contributed by atoms with van der Waals surface area (Å²) < 4.78 is 31.7. The number of amides is 2. The second kappa shape index (κ2) is 10.4. The number of halogens is 3.